The fourth-order valence-electron chi connectivity index (χ4n) is 5.78. The molecule has 12 bridgehead atoms. The van der Waals surface area contributed by atoms with E-state index in [2.05, 4.69) is 40.9 Å². The van der Waals surface area contributed by atoms with E-state index in [-0.39, 0.29) is 13.2 Å². The van der Waals surface area contributed by atoms with Gasteiger partial charge in [0, 0.05) is 33.4 Å². The molecule has 12 heteroatoms. The highest BCUT2D eigenvalue weighted by Gasteiger charge is 2.17. The summed E-state index contributed by atoms with van der Waals surface area (Å²) in [5.74, 6) is 2.84. The Hall–Kier alpha value is -7.60. The first-order valence-electron chi connectivity index (χ1n) is 17.0. The van der Waals surface area contributed by atoms with Crippen molar-refractivity contribution in [3.63, 3.8) is 0 Å². The standard InChI is InChI=1S/C42H28N8O4/c1-3-13-37-29(7-1)25-51-35-19-15-31(16-20-35)43-45-33-11-5-9-27(23-33)39-47-48-40(53-39)28-10-6-12-34(24-28)46-44-32-17-21-36(22-18-32)52-26-30-8-2-4-14-38(30)42-50-49-41(37)54-42/h1-24H,25-26H2. The minimum absolute atomic E-state index is 0.287. The topological polar surface area (TPSA) is 146 Å². The molecule has 0 saturated carbocycles. The Bertz CT molecular complexity index is 2450. The monoisotopic (exact) mass is 708 g/mol. The number of hydrogen-bond donors (Lipinski definition) is 0. The Balaban J connectivity index is 1.04. The summed E-state index contributed by atoms with van der Waals surface area (Å²) in [5.41, 5.74) is 7.36. The fourth-order valence-corrected chi connectivity index (χ4v) is 5.78. The number of azo groups is 2. The predicted octanol–water partition coefficient (Wildman–Crippen LogP) is 11.4. The number of rotatable bonds is 0. The second-order valence-electron chi connectivity index (χ2n) is 12.2. The molecular formula is C42H28N8O4. The molecule has 6 heterocycles. The van der Waals surface area contributed by atoms with Gasteiger partial charge in [0.05, 0.1) is 22.7 Å². The lowest BCUT2D eigenvalue weighted by molar-refractivity contribution is 0.306. The average molecular weight is 709 g/mol. The van der Waals surface area contributed by atoms with E-state index in [1.165, 1.54) is 0 Å². The van der Waals surface area contributed by atoms with E-state index >= 15 is 0 Å². The molecule has 4 aliphatic heterocycles. The van der Waals surface area contributed by atoms with Gasteiger partial charge in [0.1, 0.15) is 24.7 Å². The lowest BCUT2D eigenvalue weighted by Gasteiger charge is -2.10. The van der Waals surface area contributed by atoms with Crippen molar-refractivity contribution in [3.05, 3.63) is 157 Å². The molecule has 0 amide bonds. The van der Waals surface area contributed by atoms with Crippen LogP contribution in [0.2, 0.25) is 0 Å². The second-order valence-corrected chi connectivity index (χ2v) is 12.2. The van der Waals surface area contributed by atoms with Crippen molar-refractivity contribution >= 4 is 22.7 Å². The van der Waals surface area contributed by atoms with Crippen LogP contribution < -0.4 is 9.47 Å². The maximum absolute atomic E-state index is 6.24. The summed E-state index contributed by atoms with van der Waals surface area (Å²) in [5, 5.41) is 35.1. The van der Waals surface area contributed by atoms with Crippen molar-refractivity contribution in [2.75, 3.05) is 0 Å². The van der Waals surface area contributed by atoms with Gasteiger partial charge in [-0.3, -0.25) is 0 Å². The van der Waals surface area contributed by atoms with E-state index in [4.69, 9.17) is 18.3 Å². The zero-order valence-corrected chi connectivity index (χ0v) is 28.5. The van der Waals surface area contributed by atoms with Crippen LogP contribution in [0.5, 0.6) is 11.5 Å². The van der Waals surface area contributed by atoms with Crippen LogP contribution in [0.3, 0.4) is 0 Å². The predicted molar refractivity (Wildman–Crippen MR) is 200 cm³/mol. The summed E-state index contributed by atoms with van der Waals surface area (Å²) in [6.45, 7) is 0.573. The molecular weight excluding hydrogens is 681 g/mol. The highest BCUT2D eigenvalue weighted by atomic mass is 16.5. The van der Waals surface area contributed by atoms with Gasteiger partial charge in [-0.05, 0) is 97.1 Å². The summed E-state index contributed by atoms with van der Waals surface area (Å²) in [6, 6.07) is 45.2. The molecule has 260 valence electrons. The smallest absolute Gasteiger partial charge is 0.248 e. The van der Waals surface area contributed by atoms with Crippen LogP contribution in [-0.4, -0.2) is 20.4 Å². The van der Waals surface area contributed by atoms with E-state index in [9.17, 15) is 0 Å². The lowest BCUT2D eigenvalue weighted by Crippen LogP contribution is -1.98. The number of nitrogens with zero attached hydrogens (tertiary/aromatic N) is 8. The zero-order valence-electron chi connectivity index (χ0n) is 28.5. The minimum Gasteiger partial charge on any atom is -0.489 e. The number of aromatic nitrogens is 4. The van der Waals surface area contributed by atoms with Gasteiger partial charge in [0.25, 0.3) is 0 Å². The van der Waals surface area contributed by atoms with Crippen molar-refractivity contribution < 1.29 is 18.3 Å². The van der Waals surface area contributed by atoms with Crippen LogP contribution in [0, 0.1) is 0 Å². The molecule has 12 rings (SSSR count). The highest BCUT2D eigenvalue weighted by molar-refractivity contribution is 5.65. The normalized spacial score (nSPS) is 12.4. The van der Waals surface area contributed by atoms with Gasteiger partial charge < -0.3 is 18.3 Å². The van der Waals surface area contributed by atoms with E-state index in [1.54, 1.807) is 0 Å². The van der Waals surface area contributed by atoms with Crippen LogP contribution >= 0.6 is 0 Å². The zero-order chi connectivity index (χ0) is 36.1. The molecule has 0 N–H and O–H groups in total. The Morgan fingerprint density at radius 1 is 0.352 bits per heavy atom. The number of hydrogen-bond acceptors (Lipinski definition) is 12. The van der Waals surface area contributed by atoms with Gasteiger partial charge in [0.15, 0.2) is 0 Å². The van der Waals surface area contributed by atoms with Gasteiger partial charge in [-0.15, -0.1) is 20.4 Å². The van der Waals surface area contributed by atoms with Gasteiger partial charge in [0.2, 0.25) is 23.6 Å². The molecule has 6 aromatic carbocycles. The summed E-state index contributed by atoms with van der Waals surface area (Å²) >= 11 is 0. The molecule has 0 spiro atoms. The van der Waals surface area contributed by atoms with Crippen LogP contribution in [0.1, 0.15) is 11.1 Å². The van der Waals surface area contributed by atoms with Crippen LogP contribution in [-0.2, 0) is 13.2 Å². The summed E-state index contributed by atoms with van der Waals surface area (Å²) in [7, 11) is 0. The van der Waals surface area contributed by atoms with Gasteiger partial charge in [-0.1, -0.05) is 48.5 Å². The quantitative estimate of drug-likeness (QED) is 0.151. The average Bonchev–Trinajstić information content (AvgIpc) is 3.93. The molecule has 12 nitrogen and oxygen atoms in total. The second kappa shape index (κ2) is 14.6. The van der Waals surface area contributed by atoms with E-state index in [1.807, 2.05) is 146 Å². The first-order chi connectivity index (χ1) is 26.7. The van der Waals surface area contributed by atoms with Gasteiger partial charge in [-0.2, -0.15) is 20.5 Å². The van der Waals surface area contributed by atoms with Crippen molar-refractivity contribution in [3.8, 4) is 57.3 Å². The summed E-state index contributed by atoms with van der Waals surface area (Å²) in [4.78, 5) is 0. The molecule has 0 fully saturated rings. The highest BCUT2D eigenvalue weighted by Crippen LogP contribution is 2.32. The first kappa shape index (κ1) is 32.3. The van der Waals surface area contributed by atoms with Crippen molar-refractivity contribution in [1.29, 1.82) is 0 Å². The third kappa shape index (κ3) is 7.12. The van der Waals surface area contributed by atoms with Crippen LogP contribution in [0.4, 0.5) is 22.7 Å². The number of benzene rings is 6. The molecule has 0 saturated heterocycles. The van der Waals surface area contributed by atoms with Gasteiger partial charge in [-0.25, -0.2) is 0 Å². The van der Waals surface area contributed by atoms with Crippen molar-refractivity contribution in [2.24, 2.45) is 20.5 Å². The van der Waals surface area contributed by atoms with Crippen LogP contribution in [0.15, 0.2) is 175 Å². The SMILES string of the molecule is c1cc2cc(c1)-c1nnc(o1)-c1cccc(c1)N=Nc1ccc(cc1)OCc1ccccc1-c1nnc(o1)-c1ccccc1COc1ccc(cc1)N=N2. The fraction of sp³-hybridized carbons (Fsp3) is 0.0476. The lowest BCUT2D eigenvalue weighted by atomic mass is 10.1. The Morgan fingerprint density at radius 3 is 1.24 bits per heavy atom. The van der Waals surface area contributed by atoms with E-state index in [0.29, 0.717) is 68.9 Å². The van der Waals surface area contributed by atoms with E-state index in [0.717, 1.165) is 22.3 Å². The molecule has 0 radical (unpaired) electrons. The molecule has 0 aliphatic carbocycles. The first-order valence-corrected chi connectivity index (χ1v) is 17.0. The summed E-state index contributed by atoms with van der Waals surface area (Å²) < 4.78 is 24.6. The Kier molecular flexibility index (Phi) is 8.71. The molecule has 0 unspecified atom stereocenters. The largest absolute Gasteiger partial charge is 0.489 e. The third-order valence-corrected chi connectivity index (χ3v) is 8.56. The Labute approximate surface area is 308 Å². The maximum Gasteiger partial charge on any atom is 0.248 e. The number of ether oxygens (including phenoxy) is 2. The van der Waals surface area contributed by atoms with Crippen molar-refractivity contribution in [1.82, 2.24) is 20.4 Å². The molecule has 54 heavy (non-hydrogen) atoms. The van der Waals surface area contributed by atoms with Crippen molar-refractivity contribution in [2.45, 2.75) is 13.2 Å². The van der Waals surface area contributed by atoms with Crippen LogP contribution in [0.25, 0.3) is 45.8 Å². The van der Waals surface area contributed by atoms with E-state index < -0.39 is 0 Å². The summed E-state index contributed by atoms with van der Waals surface area (Å²) in [6.07, 6.45) is 0. The van der Waals surface area contributed by atoms with Gasteiger partial charge >= 0.3 is 0 Å². The third-order valence-electron chi connectivity index (χ3n) is 8.56. The molecule has 0 atom stereocenters. The molecule has 2 aromatic heterocycles. The minimum atomic E-state index is 0.287. The molecule has 4 aliphatic rings. The maximum atomic E-state index is 6.24. The molecule has 8 aromatic rings. The Morgan fingerprint density at radius 2 is 0.759 bits per heavy atom.